The minimum absolute atomic E-state index is 0.141. The second-order valence-corrected chi connectivity index (χ2v) is 11.8. The maximum Gasteiger partial charge on any atom is 0.418 e. The predicted octanol–water partition coefficient (Wildman–Crippen LogP) is 4.89. The third-order valence-corrected chi connectivity index (χ3v) is 7.78. The molecule has 2 aromatic heterocycles. The molecule has 4 aromatic rings. The zero-order valence-corrected chi connectivity index (χ0v) is 23.8. The lowest BCUT2D eigenvalue weighted by Gasteiger charge is -2.16. The number of halogens is 3. The van der Waals surface area contributed by atoms with Gasteiger partial charge in [-0.2, -0.15) is 18.4 Å². The first-order valence-electron chi connectivity index (χ1n) is 12.0. The Balaban J connectivity index is 2.02. The second kappa shape index (κ2) is 11.7. The average Bonchev–Trinajstić information content (AvgIpc) is 3.24. The Hall–Kier alpha value is -4.61. The molecule has 42 heavy (non-hydrogen) atoms. The van der Waals surface area contributed by atoms with Gasteiger partial charge < -0.3 is 0 Å². The molecule has 0 spiro atoms. The Bertz CT molecular complexity index is 1920. The van der Waals surface area contributed by atoms with Crippen LogP contribution in [0.5, 0.6) is 0 Å². The summed E-state index contributed by atoms with van der Waals surface area (Å²) in [6.45, 7) is 4.62. The number of para-hydroxylation sites is 1. The number of thiazole rings is 1. The van der Waals surface area contributed by atoms with Crippen LogP contribution in [0.3, 0.4) is 0 Å². The number of nitriles is 1. The van der Waals surface area contributed by atoms with Gasteiger partial charge in [0.05, 0.1) is 25.6 Å². The van der Waals surface area contributed by atoms with Gasteiger partial charge in [-0.1, -0.05) is 39.0 Å². The van der Waals surface area contributed by atoms with Crippen LogP contribution in [0.2, 0.25) is 0 Å². The zero-order valence-electron chi connectivity index (χ0n) is 22.2. The first-order chi connectivity index (χ1) is 19.7. The molecule has 2 heterocycles. The van der Waals surface area contributed by atoms with Crippen LogP contribution >= 0.6 is 23.1 Å². The van der Waals surface area contributed by atoms with Gasteiger partial charge in [-0.25, -0.2) is 9.97 Å². The number of hydrogen-bond acceptors (Lipinski definition) is 9. The molecule has 0 fully saturated rings. The fourth-order valence-corrected chi connectivity index (χ4v) is 5.68. The summed E-state index contributed by atoms with van der Waals surface area (Å²) >= 11 is 1.60. The first kappa shape index (κ1) is 30.4. The number of carbonyl (C=O) groups is 1. The number of alkyl halides is 3. The summed E-state index contributed by atoms with van der Waals surface area (Å²) in [7, 11) is 0. The molecule has 214 valence electrons. The number of carbonyl (C=O) groups excluding carboxylic acids is 1. The highest BCUT2D eigenvalue weighted by Gasteiger charge is 2.35. The lowest BCUT2D eigenvalue weighted by molar-refractivity contribution is -0.387. The summed E-state index contributed by atoms with van der Waals surface area (Å²) in [5, 5.41) is 22.0. The van der Waals surface area contributed by atoms with E-state index in [2.05, 4.69) is 9.97 Å². The Morgan fingerprint density at radius 1 is 1.12 bits per heavy atom. The highest BCUT2D eigenvalue weighted by atomic mass is 32.2. The third kappa shape index (κ3) is 6.32. The quantitative estimate of drug-likeness (QED) is 0.171. The Labute approximate surface area is 244 Å². The summed E-state index contributed by atoms with van der Waals surface area (Å²) < 4.78 is 42.2. The molecule has 0 aliphatic carbocycles. The molecule has 0 aliphatic heterocycles. The van der Waals surface area contributed by atoms with E-state index in [1.54, 1.807) is 32.9 Å². The lowest BCUT2D eigenvalue weighted by Crippen LogP contribution is -2.34. The van der Waals surface area contributed by atoms with Crippen LogP contribution in [0.1, 0.15) is 31.9 Å². The van der Waals surface area contributed by atoms with E-state index in [1.807, 2.05) is 0 Å². The molecule has 0 N–H and O–H groups in total. The van der Waals surface area contributed by atoms with Crippen LogP contribution in [0.15, 0.2) is 75.8 Å². The van der Waals surface area contributed by atoms with Gasteiger partial charge in [-0.05, 0) is 47.7 Å². The van der Waals surface area contributed by atoms with E-state index in [0.29, 0.717) is 15.9 Å². The predicted molar refractivity (Wildman–Crippen MR) is 150 cm³/mol. The summed E-state index contributed by atoms with van der Waals surface area (Å²) in [5.41, 5.74) is -4.31. The summed E-state index contributed by atoms with van der Waals surface area (Å²) in [6, 6.07) is 11.8. The van der Waals surface area contributed by atoms with E-state index < -0.39 is 44.7 Å². The minimum atomic E-state index is -4.85. The molecule has 4 rings (SSSR count). The van der Waals surface area contributed by atoms with Crippen LogP contribution in [-0.2, 0) is 11.0 Å². The maximum atomic E-state index is 14.0. The van der Waals surface area contributed by atoms with Gasteiger partial charge in [0.1, 0.15) is 16.3 Å². The molecule has 2 aromatic carbocycles. The largest absolute Gasteiger partial charge is 0.418 e. The molecular formula is C28H20F3N5O4S2. The number of rotatable bonds is 6. The number of aromatic nitrogens is 3. The Morgan fingerprint density at radius 3 is 2.38 bits per heavy atom. The third-order valence-electron chi connectivity index (χ3n) is 5.73. The molecule has 9 nitrogen and oxygen atoms in total. The van der Waals surface area contributed by atoms with E-state index in [4.69, 9.17) is 0 Å². The Kier molecular flexibility index (Phi) is 8.46. The average molecular weight is 612 g/mol. The van der Waals surface area contributed by atoms with Crippen molar-refractivity contribution >= 4 is 46.2 Å². The van der Waals surface area contributed by atoms with Crippen molar-refractivity contribution in [3.05, 3.63) is 102 Å². The van der Waals surface area contributed by atoms with Crippen molar-refractivity contribution in [3.63, 3.8) is 0 Å². The molecule has 0 unspecified atom stereocenters. The van der Waals surface area contributed by atoms with Gasteiger partial charge in [0.15, 0.2) is 10.9 Å². The number of hydrogen-bond donors (Lipinski definition) is 0. The Morgan fingerprint density at radius 2 is 1.79 bits per heavy atom. The van der Waals surface area contributed by atoms with Crippen molar-refractivity contribution in [2.24, 2.45) is 5.41 Å². The summed E-state index contributed by atoms with van der Waals surface area (Å²) in [6.07, 6.45) is -0.621. The normalized spacial score (nSPS) is 13.0. The smallest absolute Gasteiger partial charge is 0.293 e. The van der Waals surface area contributed by atoms with Gasteiger partial charge in [-0.3, -0.25) is 24.3 Å². The topological polar surface area (TPSA) is 132 Å². The molecule has 0 saturated carbocycles. The highest BCUT2D eigenvalue weighted by molar-refractivity contribution is 7.99. The van der Waals surface area contributed by atoms with Crippen molar-refractivity contribution in [2.75, 3.05) is 0 Å². The van der Waals surface area contributed by atoms with E-state index in [1.165, 1.54) is 42.7 Å². The molecule has 0 atom stereocenters. The van der Waals surface area contributed by atoms with Crippen molar-refractivity contribution in [1.82, 2.24) is 14.5 Å². The fraction of sp³-hybridized carbons (Fsp3) is 0.179. The molecule has 0 radical (unpaired) electrons. The van der Waals surface area contributed by atoms with Crippen molar-refractivity contribution in [3.8, 4) is 11.8 Å². The van der Waals surface area contributed by atoms with Gasteiger partial charge in [-0.15, -0.1) is 11.3 Å². The number of benzene rings is 2. The van der Waals surface area contributed by atoms with Gasteiger partial charge >= 0.3 is 6.18 Å². The van der Waals surface area contributed by atoms with E-state index in [0.717, 1.165) is 30.0 Å². The van der Waals surface area contributed by atoms with Crippen LogP contribution < -0.4 is 14.8 Å². The molecule has 0 amide bonds. The van der Waals surface area contributed by atoms with Crippen molar-refractivity contribution in [2.45, 2.75) is 37.0 Å². The molecule has 14 heteroatoms. The molecular weight excluding hydrogens is 591 g/mol. The molecule has 0 aliphatic rings. The van der Waals surface area contributed by atoms with Gasteiger partial charge in [0, 0.05) is 23.9 Å². The van der Waals surface area contributed by atoms with Gasteiger partial charge in [0.2, 0.25) is 0 Å². The number of nitro groups is 1. The molecule has 0 bridgehead atoms. The maximum absolute atomic E-state index is 14.0. The standard InChI is InChI=1S/C28H20F3N5O4S2/c1-27(2,3)23(37)17(15-32)25-35(19-8-5-4-7-18(19)28(29,30)31)24(38)22(41-25)14-16-9-10-21(20(13-16)36(39)40)42-26-33-11-6-12-34-26/h4-14H,1-3H3/b22-14-,25-17-. The number of nitrogens with zero attached hydrogens (tertiary/aromatic N) is 5. The minimum Gasteiger partial charge on any atom is -0.293 e. The monoisotopic (exact) mass is 611 g/mol. The summed E-state index contributed by atoms with van der Waals surface area (Å²) in [4.78, 5) is 46.4. The van der Waals surface area contributed by atoms with E-state index >= 15 is 0 Å². The van der Waals surface area contributed by atoms with Crippen LogP contribution in [0.4, 0.5) is 18.9 Å². The fourth-order valence-electron chi connectivity index (χ4n) is 3.79. The second-order valence-electron chi connectivity index (χ2n) is 9.75. The molecule has 0 saturated heterocycles. The van der Waals surface area contributed by atoms with Crippen molar-refractivity contribution < 1.29 is 22.9 Å². The van der Waals surface area contributed by atoms with E-state index in [-0.39, 0.29) is 30.5 Å². The number of ketones is 1. The lowest BCUT2D eigenvalue weighted by atomic mass is 9.87. The first-order valence-corrected chi connectivity index (χ1v) is 13.7. The van der Waals surface area contributed by atoms with Gasteiger partial charge in [0.25, 0.3) is 11.2 Å². The SMILES string of the molecule is CC(C)(C)C(=O)/C(C#N)=c1\s/c(=C\c2ccc(Sc3ncccn3)c([N+](=O)[O-])c2)c(=O)n1-c1ccccc1C(F)(F)F. The van der Waals surface area contributed by atoms with Crippen molar-refractivity contribution in [1.29, 1.82) is 5.26 Å². The van der Waals surface area contributed by atoms with E-state index in [9.17, 15) is 38.1 Å². The number of Topliss-reactive ketones (excluding diaryl/α,β-unsaturated/α-hetero) is 1. The van der Waals surface area contributed by atoms with Crippen LogP contribution in [0.25, 0.3) is 17.3 Å². The van der Waals surface area contributed by atoms with Crippen LogP contribution in [0, 0.1) is 26.9 Å². The highest BCUT2D eigenvalue weighted by Crippen LogP contribution is 2.34. The zero-order chi connectivity index (χ0) is 30.8. The summed E-state index contributed by atoms with van der Waals surface area (Å²) in [5.74, 6) is -0.670. The van der Waals surface area contributed by atoms with Crippen LogP contribution in [-0.4, -0.2) is 25.2 Å². The number of nitro benzene ring substituents is 1.